The van der Waals surface area contributed by atoms with Crippen LogP contribution in [-0.2, 0) is 58.1 Å². The molecule has 3 aromatic rings. The molecule has 3 fully saturated rings. The minimum atomic E-state index is -4.39. The van der Waals surface area contributed by atoms with Gasteiger partial charge in [0.25, 0.3) is 5.70 Å². The normalized spacial score (nSPS) is 21.1. The number of sulfone groups is 3. The highest BCUT2D eigenvalue weighted by Gasteiger charge is 2.46. The topological polar surface area (TPSA) is 243 Å². The molecule has 3 aliphatic heterocycles. The van der Waals surface area contributed by atoms with E-state index in [2.05, 4.69) is 4.85 Å². The Morgan fingerprint density at radius 2 is 0.725 bits per heavy atom. The minimum Gasteiger partial charge on any atom is -0.470 e. The molecule has 0 spiro atoms. The third-order valence-corrected chi connectivity index (χ3v) is 23.7. The van der Waals surface area contributed by atoms with Gasteiger partial charge in [0, 0.05) is 56.4 Å². The Morgan fingerprint density at radius 3 is 1.00 bits per heavy atom. The number of rotatable bonds is 18. The van der Waals surface area contributed by atoms with Gasteiger partial charge in [-0.15, -0.1) is 0 Å². The van der Waals surface area contributed by atoms with E-state index in [9.17, 15) is 24.9 Å². The molecule has 0 N–H and O–H groups in total. The Morgan fingerprint density at radius 1 is 0.462 bits per heavy atom. The van der Waals surface area contributed by atoms with Gasteiger partial charge in [-0.05, 0) is 167 Å². The molecule has 0 bridgehead atoms. The third-order valence-electron chi connectivity index (χ3n) is 18.0. The molecule has 0 aromatic heterocycles. The lowest BCUT2D eigenvalue weighted by Crippen LogP contribution is -2.34. The summed E-state index contributed by atoms with van der Waals surface area (Å²) in [5, 5.41) is 22.1. The van der Waals surface area contributed by atoms with E-state index in [-0.39, 0.29) is 65.4 Å². The smallest absolute Gasteiger partial charge is 0.349 e. The first-order valence-electron chi connectivity index (χ1n) is 31.2. The number of ether oxygens (including phenoxy) is 3. The highest BCUT2D eigenvalue weighted by Crippen LogP contribution is 2.51. The number of benzene rings is 3. The van der Waals surface area contributed by atoms with Gasteiger partial charge in [-0.25, -0.2) is 39.7 Å². The van der Waals surface area contributed by atoms with Gasteiger partial charge in [0.1, 0.15) is 36.5 Å². The summed E-state index contributed by atoms with van der Waals surface area (Å²) in [5.74, 6) is -5.04. The molecule has 3 aromatic carbocycles. The fraction of sp³-hybridized carbons (Fsp3) is 0.486. The average molecular weight is 1300 g/mol. The maximum absolute atomic E-state index is 15.0. The second kappa shape index (κ2) is 26.8. The Hall–Kier alpha value is -7.77. The molecule has 0 radical (unpaired) electrons. The Bertz CT molecular complexity index is 3670. The van der Waals surface area contributed by atoms with E-state index >= 15 is 25.3 Å². The van der Waals surface area contributed by atoms with Gasteiger partial charge in [0.2, 0.25) is 29.5 Å². The summed E-state index contributed by atoms with van der Waals surface area (Å²) in [4.78, 5) is 53.6. The van der Waals surface area contributed by atoms with Crippen LogP contribution in [0.3, 0.4) is 0 Å². The number of nitrogens with zero attached hydrogens (tertiary/aromatic N) is 6. The summed E-state index contributed by atoms with van der Waals surface area (Å²) >= 11 is 0. The SMILES string of the molecule is [C-]#[N+]/C(C(=O)OCC(COC(=O)/C(C#N)=C1\CC(C)(C)CC(N2CCCC2)=C1S(=O)(=O)c1ccc(C)cc1)COC(=O)/C(C#N)=C1\CC(C)(C)CC(N2CCCC2)=C1S(=O)(=O)c1ccc(C)cc1)=C1/CC(C)(C)CC(N2CCCC2)=C1S(=O)(=O)c1ccc(C)cc1. The Labute approximate surface area is 537 Å². The molecular formula is C70H82N6O12S3. The summed E-state index contributed by atoms with van der Waals surface area (Å²) in [7, 11) is -13.2. The summed E-state index contributed by atoms with van der Waals surface area (Å²) < 4.78 is 108. The Kier molecular flexibility index (Phi) is 19.9. The van der Waals surface area contributed by atoms with Crippen LogP contribution in [0.4, 0.5) is 0 Å². The molecule has 3 aliphatic carbocycles. The summed E-state index contributed by atoms with van der Waals surface area (Å²) in [5.41, 5.74) is 0.0360. The average Bonchev–Trinajstić information content (AvgIpc) is 1.43. The summed E-state index contributed by atoms with van der Waals surface area (Å²) in [6.07, 6.45) is 5.76. The third kappa shape index (κ3) is 14.6. The number of nitriles is 2. The lowest BCUT2D eigenvalue weighted by atomic mass is 9.75. The number of hydrogen-bond donors (Lipinski definition) is 0. The van der Waals surface area contributed by atoms with E-state index in [1.54, 1.807) is 36.4 Å². The van der Waals surface area contributed by atoms with Gasteiger partial charge in [-0.2, -0.15) is 10.5 Å². The van der Waals surface area contributed by atoms with Crippen molar-refractivity contribution in [1.29, 1.82) is 10.5 Å². The number of hydrogen-bond acceptors (Lipinski definition) is 17. The van der Waals surface area contributed by atoms with E-state index in [1.807, 2.05) is 89.2 Å². The number of carbonyl (C=O) groups is 3. The molecule has 9 rings (SSSR count). The van der Waals surface area contributed by atoms with Crippen molar-refractivity contribution >= 4 is 47.4 Å². The molecule has 6 aliphatic rings. The van der Waals surface area contributed by atoms with Gasteiger partial charge >= 0.3 is 17.9 Å². The number of carbonyl (C=O) groups excluding carboxylic acids is 3. The van der Waals surface area contributed by atoms with Crippen LogP contribution in [-0.4, -0.2) is 117 Å². The van der Waals surface area contributed by atoms with Crippen LogP contribution in [0.5, 0.6) is 0 Å². The van der Waals surface area contributed by atoms with Crippen molar-refractivity contribution in [1.82, 2.24) is 14.7 Å². The van der Waals surface area contributed by atoms with Gasteiger partial charge in [0.15, 0.2) is 0 Å². The van der Waals surface area contributed by atoms with Crippen LogP contribution >= 0.6 is 0 Å². The second-order valence-electron chi connectivity index (χ2n) is 27.4. The lowest BCUT2D eigenvalue weighted by molar-refractivity contribution is -0.148. The quantitative estimate of drug-likeness (QED) is 0.0378. The minimum absolute atomic E-state index is 0.00780. The van der Waals surface area contributed by atoms with Crippen LogP contribution in [0.15, 0.2) is 153 Å². The highest BCUT2D eigenvalue weighted by atomic mass is 32.2. The van der Waals surface area contributed by atoms with Gasteiger partial charge in [0.05, 0.1) is 48.5 Å². The highest BCUT2D eigenvalue weighted by molar-refractivity contribution is 7.96. The van der Waals surface area contributed by atoms with E-state index in [0.717, 1.165) is 55.2 Å². The fourth-order valence-electron chi connectivity index (χ4n) is 13.4. The first-order chi connectivity index (χ1) is 42.9. The number of aryl methyl sites for hydroxylation is 3. The molecule has 21 heteroatoms. The molecule has 91 heavy (non-hydrogen) atoms. The monoisotopic (exact) mass is 1290 g/mol. The van der Waals surface area contributed by atoms with Gasteiger partial charge in [-0.3, -0.25) is 4.79 Å². The predicted octanol–water partition coefficient (Wildman–Crippen LogP) is 11.8. The van der Waals surface area contributed by atoms with Crippen molar-refractivity contribution in [2.24, 2.45) is 22.2 Å². The molecular weight excluding hydrogens is 1210 g/mol. The zero-order valence-electron chi connectivity index (χ0n) is 53.7. The largest absolute Gasteiger partial charge is 0.470 e. The van der Waals surface area contributed by atoms with Crippen LogP contribution in [0.2, 0.25) is 0 Å². The molecule has 0 amide bonds. The molecule has 3 saturated heterocycles. The molecule has 18 nitrogen and oxygen atoms in total. The van der Waals surface area contributed by atoms with Crippen molar-refractivity contribution in [3.05, 3.63) is 166 Å². The molecule has 0 atom stereocenters. The van der Waals surface area contributed by atoms with Gasteiger partial charge < -0.3 is 28.9 Å². The van der Waals surface area contributed by atoms with Crippen LogP contribution in [0.1, 0.15) is 135 Å². The van der Waals surface area contributed by atoms with E-state index in [4.69, 9.17) is 20.8 Å². The van der Waals surface area contributed by atoms with Crippen molar-refractivity contribution < 1.29 is 53.8 Å². The van der Waals surface area contributed by atoms with E-state index in [1.165, 1.54) is 36.4 Å². The Balaban J connectivity index is 1.12. The standard InChI is InChI=1S/C70H82N6O12S3/c1-46-17-23-50(24-18-46)89(80,81)62-53(35-68(4,5)38-58(62)74-29-11-12-30-74)56(41-71)65(77)86-43-49(44-87-66(78)57(42-72)54-36-69(6,7)39-59(75-31-13-14-32-75)63(54)90(82,83)51-25-19-47(2)20-26-51)45-88-67(79)61(73-10)55-37-70(8,9)40-60(76-33-15-16-34-76)64(55)91(84,85)52-27-21-48(3)22-28-52/h17-28,49H,11-16,29-40,43-45H2,1-9H3/b56-53+,57-54+,61-55-. The van der Waals surface area contributed by atoms with E-state index < -0.39 is 106 Å². The summed E-state index contributed by atoms with van der Waals surface area (Å²) in [6, 6.07) is 22.9. The molecule has 0 unspecified atom stereocenters. The van der Waals surface area contributed by atoms with Crippen molar-refractivity contribution in [2.75, 3.05) is 59.1 Å². The molecule has 3 heterocycles. The van der Waals surface area contributed by atoms with Gasteiger partial charge in [-0.1, -0.05) is 94.6 Å². The van der Waals surface area contributed by atoms with Crippen molar-refractivity contribution in [3.8, 4) is 12.1 Å². The van der Waals surface area contributed by atoms with E-state index in [0.29, 0.717) is 75.6 Å². The van der Waals surface area contributed by atoms with Crippen LogP contribution in [0, 0.1) is 72.2 Å². The number of likely N-dealkylation sites (tertiary alicyclic amines) is 3. The van der Waals surface area contributed by atoms with Crippen molar-refractivity contribution in [2.45, 2.75) is 154 Å². The maximum Gasteiger partial charge on any atom is 0.349 e. The van der Waals surface area contributed by atoms with Crippen LogP contribution < -0.4 is 0 Å². The van der Waals surface area contributed by atoms with Crippen LogP contribution in [0.25, 0.3) is 4.85 Å². The molecule has 0 saturated carbocycles. The second-order valence-corrected chi connectivity index (χ2v) is 33.1. The predicted molar refractivity (Wildman–Crippen MR) is 343 cm³/mol. The summed E-state index contributed by atoms with van der Waals surface area (Å²) in [6.45, 7) is 26.6. The van der Waals surface area contributed by atoms with Crippen molar-refractivity contribution in [3.63, 3.8) is 0 Å². The zero-order chi connectivity index (χ0) is 66.0. The fourth-order valence-corrected chi connectivity index (χ4v) is 18.6. The zero-order valence-corrected chi connectivity index (χ0v) is 56.1. The number of allylic oxidation sites excluding steroid dienone is 6. The lowest BCUT2D eigenvalue weighted by Gasteiger charge is -2.39. The first-order valence-corrected chi connectivity index (χ1v) is 35.7. The molecule has 482 valence electrons. The maximum atomic E-state index is 15.0. The first kappa shape index (κ1) is 67.6. The number of esters is 3.